The van der Waals surface area contributed by atoms with Crippen LogP contribution in [-0.2, 0) is 0 Å². The average Bonchev–Trinajstić information content (AvgIpc) is 2.67. The van der Waals surface area contributed by atoms with E-state index < -0.39 is 0 Å². The Morgan fingerprint density at radius 3 is 2.24 bits per heavy atom. The van der Waals surface area contributed by atoms with Gasteiger partial charge in [0.05, 0.1) is 27.4 Å². The van der Waals surface area contributed by atoms with Gasteiger partial charge in [0, 0.05) is 5.70 Å². The van der Waals surface area contributed by atoms with Crippen LogP contribution in [-0.4, -0.2) is 26.4 Å². The third-order valence-electron chi connectivity index (χ3n) is 4.04. The molecule has 2 aromatic carbocycles. The van der Waals surface area contributed by atoms with Crippen molar-refractivity contribution >= 4 is 23.0 Å². The second-order valence-electron chi connectivity index (χ2n) is 5.50. The molecule has 0 saturated heterocycles. The molecule has 0 bridgehead atoms. The van der Waals surface area contributed by atoms with Crippen molar-refractivity contribution in [3.8, 4) is 17.2 Å². The fourth-order valence-corrected chi connectivity index (χ4v) is 2.95. The van der Waals surface area contributed by atoms with Crippen LogP contribution in [0.1, 0.15) is 17.2 Å². The third kappa shape index (κ3) is 3.69. The van der Waals surface area contributed by atoms with Gasteiger partial charge < -0.3 is 24.8 Å². The summed E-state index contributed by atoms with van der Waals surface area (Å²) in [5, 5.41) is 7.05. The molecule has 0 amide bonds. The molecule has 5 nitrogen and oxygen atoms in total. The lowest BCUT2D eigenvalue weighted by molar-refractivity contribution is 0.354. The van der Waals surface area contributed by atoms with E-state index >= 15 is 0 Å². The molecule has 25 heavy (non-hydrogen) atoms. The van der Waals surface area contributed by atoms with Crippen molar-refractivity contribution in [1.82, 2.24) is 10.6 Å². The first-order valence-corrected chi connectivity index (χ1v) is 8.21. The van der Waals surface area contributed by atoms with Crippen LogP contribution in [0.4, 0.5) is 0 Å². The maximum atomic E-state index is 5.40. The monoisotopic (exact) mass is 356 g/mol. The molecule has 0 unspecified atom stereocenters. The summed E-state index contributed by atoms with van der Waals surface area (Å²) in [4.78, 5) is 0. The molecule has 1 aliphatic heterocycles. The number of methoxy groups -OCH3 is 3. The van der Waals surface area contributed by atoms with Gasteiger partial charge in [-0.05, 0) is 65.8 Å². The maximum Gasteiger partial charge on any atom is 0.171 e. The predicted octanol–water partition coefficient (Wildman–Crippen LogP) is 3.27. The molecule has 1 aliphatic rings. The Morgan fingerprint density at radius 2 is 1.60 bits per heavy atom. The number of ether oxygens (including phenoxy) is 3. The molecule has 0 aromatic heterocycles. The van der Waals surface area contributed by atoms with Crippen LogP contribution in [0.15, 0.2) is 48.5 Å². The molecule has 0 fully saturated rings. The smallest absolute Gasteiger partial charge is 0.171 e. The molecule has 0 aliphatic carbocycles. The van der Waals surface area contributed by atoms with Crippen molar-refractivity contribution in [2.24, 2.45) is 0 Å². The Bertz CT molecular complexity index is 803. The van der Waals surface area contributed by atoms with Gasteiger partial charge in [0.25, 0.3) is 0 Å². The Hall–Kier alpha value is -2.73. The summed E-state index contributed by atoms with van der Waals surface area (Å²) in [5.41, 5.74) is 3.02. The molecular formula is C19H20N2O3S. The quantitative estimate of drug-likeness (QED) is 0.802. The summed E-state index contributed by atoms with van der Waals surface area (Å²) < 4.78 is 15.9. The zero-order valence-corrected chi connectivity index (χ0v) is 15.1. The van der Waals surface area contributed by atoms with Crippen molar-refractivity contribution in [3.63, 3.8) is 0 Å². The van der Waals surface area contributed by atoms with Gasteiger partial charge in [-0.2, -0.15) is 0 Å². The van der Waals surface area contributed by atoms with E-state index in [9.17, 15) is 0 Å². The number of rotatable bonds is 5. The van der Waals surface area contributed by atoms with E-state index in [4.69, 9.17) is 26.4 Å². The second kappa shape index (κ2) is 7.44. The summed E-state index contributed by atoms with van der Waals surface area (Å²) in [7, 11) is 4.90. The van der Waals surface area contributed by atoms with Crippen molar-refractivity contribution < 1.29 is 14.2 Å². The van der Waals surface area contributed by atoms with Gasteiger partial charge in [-0.25, -0.2) is 0 Å². The maximum absolute atomic E-state index is 5.40. The van der Waals surface area contributed by atoms with Gasteiger partial charge in [0.15, 0.2) is 16.6 Å². The van der Waals surface area contributed by atoms with Gasteiger partial charge in [0.2, 0.25) is 0 Å². The molecule has 2 N–H and O–H groups in total. The zero-order valence-electron chi connectivity index (χ0n) is 14.3. The molecule has 1 atom stereocenters. The fraction of sp³-hybridized carbons (Fsp3) is 0.211. The largest absolute Gasteiger partial charge is 0.497 e. The second-order valence-corrected chi connectivity index (χ2v) is 5.91. The van der Waals surface area contributed by atoms with Crippen molar-refractivity contribution in [1.29, 1.82) is 0 Å². The molecule has 0 radical (unpaired) electrons. The van der Waals surface area contributed by atoms with Gasteiger partial charge in [-0.3, -0.25) is 0 Å². The Morgan fingerprint density at radius 1 is 0.880 bits per heavy atom. The van der Waals surface area contributed by atoms with Crippen LogP contribution in [0.5, 0.6) is 17.2 Å². The van der Waals surface area contributed by atoms with Crippen LogP contribution in [0.3, 0.4) is 0 Å². The van der Waals surface area contributed by atoms with E-state index in [-0.39, 0.29) is 6.04 Å². The number of hydrogen-bond donors (Lipinski definition) is 2. The zero-order chi connectivity index (χ0) is 17.8. The minimum absolute atomic E-state index is 0.0642. The van der Waals surface area contributed by atoms with Crippen LogP contribution in [0, 0.1) is 0 Å². The van der Waals surface area contributed by atoms with E-state index in [0.717, 1.165) is 22.6 Å². The summed E-state index contributed by atoms with van der Waals surface area (Å²) in [6, 6.07) is 13.6. The first-order chi connectivity index (χ1) is 12.1. The molecule has 6 heteroatoms. The predicted molar refractivity (Wildman–Crippen MR) is 102 cm³/mol. The van der Waals surface area contributed by atoms with E-state index in [2.05, 4.69) is 16.7 Å². The molecule has 1 heterocycles. The lowest BCUT2D eigenvalue weighted by atomic mass is 10.0. The minimum atomic E-state index is -0.0642. The number of thiocarbonyl (C=S) groups is 1. The summed E-state index contributed by atoms with van der Waals surface area (Å²) in [6.45, 7) is 0. The SMILES string of the molecule is COc1ccc(C2=C[C@H](c3ccc(OC)c(OC)c3)NC(=S)N2)cc1. The first kappa shape index (κ1) is 17.1. The summed E-state index contributed by atoms with van der Waals surface area (Å²) in [6.07, 6.45) is 2.10. The van der Waals surface area contributed by atoms with Gasteiger partial charge >= 0.3 is 0 Å². The topological polar surface area (TPSA) is 51.8 Å². The van der Waals surface area contributed by atoms with Gasteiger partial charge in [-0.1, -0.05) is 6.07 Å². The van der Waals surface area contributed by atoms with E-state index in [0.29, 0.717) is 16.6 Å². The number of hydrogen-bond acceptors (Lipinski definition) is 4. The van der Waals surface area contributed by atoms with Crippen molar-refractivity contribution in [2.45, 2.75) is 6.04 Å². The number of nitrogens with one attached hydrogen (secondary N) is 2. The van der Waals surface area contributed by atoms with Crippen molar-refractivity contribution in [3.05, 3.63) is 59.7 Å². The highest BCUT2D eigenvalue weighted by Gasteiger charge is 2.20. The third-order valence-corrected chi connectivity index (χ3v) is 4.26. The Labute approximate surface area is 152 Å². The first-order valence-electron chi connectivity index (χ1n) is 7.80. The lowest BCUT2D eigenvalue weighted by Crippen LogP contribution is -2.40. The number of benzene rings is 2. The average molecular weight is 356 g/mol. The fourth-order valence-electron chi connectivity index (χ4n) is 2.71. The minimum Gasteiger partial charge on any atom is -0.497 e. The highest BCUT2D eigenvalue weighted by atomic mass is 32.1. The molecule has 130 valence electrons. The Kier molecular flexibility index (Phi) is 5.09. The Balaban J connectivity index is 1.94. The normalized spacial score (nSPS) is 16.4. The van der Waals surface area contributed by atoms with Crippen LogP contribution >= 0.6 is 12.2 Å². The van der Waals surface area contributed by atoms with Crippen LogP contribution in [0.25, 0.3) is 5.70 Å². The standard InChI is InChI=1S/C19H20N2O3S/c1-22-14-7-4-12(5-8-14)15-11-16(21-19(25)20-15)13-6-9-17(23-2)18(10-13)24-3/h4-11,16H,1-3H3,(H2,20,21,25)/t16-/m1/s1. The molecule has 2 aromatic rings. The van der Waals surface area contributed by atoms with Gasteiger partial charge in [0.1, 0.15) is 5.75 Å². The molecule has 0 saturated carbocycles. The van der Waals surface area contributed by atoms with Crippen LogP contribution < -0.4 is 24.8 Å². The summed E-state index contributed by atoms with van der Waals surface area (Å²) in [5.74, 6) is 2.20. The molecule has 0 spiro atoms. The van der Waals surface area contributed by atoms with E-state index in [1.54, 1.807) is 21.3 Å². The van der Waals surface area contributed by atoms with Crippen molar-refractivity contribution in [2.75, 3.05) is 21.3 Å². The van der Waals surface area contributed by atoms with Crippen LogP contribution in [0.2, 0.25) is 0 Å². The molecule has 3 rings (SSSR count). The van der Waals surface area contributed by atoms with E-state index in [1.807, 2.05) is 42.5 Å². The van der Waals surface area contributed by atoms with Gasteiger partial charge in [-0.15, -0.1) is 0 Å². The summed E-state index contributed by atoms with van der Waals surface area (Å²) >= 11 is 5.37. The highest BCUT2D eigenvalue weighted by Crippen LogP contribution is 2.32. The highest BCUT2D eigenvalue weighted by molar-refractivity contribution is 7.80. The van der Waals surface area contributed by atoms with E-state index in [1.165, 1.54) is 0 Å². The lowest BCUT2D eigenvalue weighted by Gasteiger charge is -2.26. The molecular weight excluding hydrogens is 336 g/mol.